The first-order chi connectivity index (χ1) is 34.3. The molecule has 0 fully saturated rings. The zero-order valence-electron chi connectivity index (χ0n) is 37.9. The summed E-state index contributed by atoms with van der Waals surface area (Å²) in [6.07, 6.45) is 0. The molecule has 0 unspecified atom stereocenters. The highest BCUT2D eigenvalue weighted by Gasteiger charge is 2.53. The van der Waals surface area contributed by atoms with Crippen LogP contribution in [0.1, 0.15) is 44.5 Å². The number of hydrogen-bond donors (Lipinski definition) is 0. The molecule has 1 nitrogen and oxygen atoms in total. The lowest BCUT2D eigenvalue weighted by atomic mass is 9.68. The first-order valence-corrected chi connectivity index (χ1v) is 24.1. The Kier molecular flexibility index (Phi) is 8.78. The molecule has 0 heterocycles. The predicted molar refractivity (Wildman–Crippen MR) is 286 cm³/mol. The van der Waals surface area contributed by atoms with Gasteiger partial charge in [-0.3, -0.25) is 0 Å². The van der Waals surface area contributed by atoms with Gasteiger partial charge in [-0.2, -0.15) is 0 Å². The summed E-state index contributed by atoms with van der Waals surface area (Å²) in [5.74, 6) is 0. The quantitative estimate of drug-likeness (QED) is 0.154. The van der Waals surface area contributed by atoms with E-state index in [4.69, 9.17) is 0 Å². The van der Waals surface area contributed by atoms with Crippen molar-refractivity contribution < 1.29 is 0 Å². The van der Waals surface area contributed by atoms with Crippen LogP contribution in [0.5, 0.6) is 0 Å². The second kappa shape index (κ2) is 15.4. The van der Waals surface area contributed by atoms with Gasteiger partial charge in [0.25, 0.3) is 0 Å². The molecule has 0 N–H and O–H groups in total. The normalized spacial score (nSPS) is 13.7. The Morgan fingerprint density at radius 3 is 1.09 bits per heavy atom. The van der Waals surface area contributed by atoms with Crippen molar-refractivity contribution in [2.24, 2.45) is 0 Å². The molecule has 3 aliphatic carbocycles. The average Bonchev–Trinajstić information content (AvgIpc) is 4.03. The van der Waals surface area contributed by atoms with E-state index in [2.05, 4.69) is 278 Å². The van der Waals surface area contributed by atoms with E-state index in [0.29, 0.717) is 0 Å². The standard InChI is InChI=1S/C68H45N/c1-4-21-46(22-5-1)48-23-18-24-49(45-48)47-41-43-52(44-42-47)69(63-39-19-37-61-65(63)55-31-12-16-35-59(55)67(61,50-25-6-2-7-26-50)51-27-8-3-9-28-51)64-40-20-38-62-66(64)56-32-13-17-36-60(56)68(62)57-33-14-10-29-53(57)54-30-11-15-34-58(54)68/h1-45H. The summed E-state index contributed by atoms with van der Waals surface area (Å²) >= 11 is 0. The Hall–Kier alpha value is -8.78. The number of hydrogen-bond acceptors (Lipinski definition) is 1. The summed E-state index contributed by atoms with van der Waals surface area (Å²) in [4.78, 5) is 2.58. The van der Waals surface area contributed by atoms with Crippen LogP contribution in [0.2, 0.25) is 0 Å². The molecule has 0 saturated carbocycles. The molecule has 0 aromatic heterocycles. The van der Waals surface area contributed by atoms with E-state index in [-0.39, 0.29) is 0 Å². The van der Waals surface area contributed by atoms with Crippen LogP contribution in [0.25, 0.3) is 55.6 Å². The maximum Gasteiger partial charge on any atom is 0.0726 e. The first kappa shape index (κ1) is 39.4. The molecule has 0 bridgehead atoms. The maximum absolute atomic E-state index is 2.58. The maximum atomic E-state index is 2.58. The van der Waals surface area contributed by atoms with Crippen molar-refractivity contribution in [3.63, 3.8) is 0 Å². The van der Waals surface area contributed by atoms with Crippen LogP contribution in [-0.2, 0) is 10.8 Å². The van der Waals surface area contributed by atoms with Gasteiger partial charge in [0, 0.05) is 16.8 Å². The molecule has 3 aliphatic rings. The van der Waals surface area contributed by atoms with E-state index >= 15 is 0 Å². The smallest absolute Gasteiger partial charge is 0.0726 e. The topological polar surface area (TPSA) is 3.24 Å². The summed E-state index contributed by atoms with van der Waals surface area (Å²) in [6.45, 7) is 0. The van der Waals surface area contributed by atoms with E-state index in [1.807, 2.05) is 0 Å². The summed E-state index contributed by atoms with van der Waals surface area (Å²) in [5.41, 5.74) is 25.2. The third-order valence-corrected chi connectivity index (χ3v) is 15.4. The number of nitrogens with zero attached hydrogens (tertiary/aromatic N) is 1. The van der Waals surface area contributed by atoms with Crippen LogP contribution in [0.4, 0.5) is 17.1 Å². The zero-order chi connectivity index (χ0) is 45.5. The number of rotatable bonds is 7. The second-order valence-corrected chi connectivity index (χ2v) is 18.6. The van der Waals surface area contributed by atoms with Crippen LogP contribution >= 0.6 is 0 Å². The Labute approximate surface area is 403 Å². The molecule has 1 heteroatoms. The van der Waals surface area contributed by atoms with Crippen LogP contribution in [0, 0.1) is 0 Å². The summed E-state index contributed by atoms with van der Waals surface area (Å²) in [5, 5.41) is 0. The fourth-order valence-corrected chi connectivity index (χ4v) is 12.7. The fraction of sp³-hybridized carbons (Fsp3) is 0.0294. The van der Waals surface area contributed by atoms with Gasteiger partial charge in [0.05, 0.1) is 22.2 Å². The highest BCUT2D eigenvalue weighted by atomic mass is 15.1. The minimum absolute atomic E-state index is 0.477. The van der Waals surface area contributed by atoms with Crippen molar-refractivity contribution in [3.8, 4) is 55.6 Å². The number of anilines is 3. The Morgan fingerprint density at radius 1 is 0.232 bits per heavy atom. The molecule has 0 radical (unpaired) electrons. The van der Waals surface area contributed by atoms with Gasteiger partial charge in [-0.25, -0.2) is 0 Å². The van der Waals surface area contributed by atoms with Crippen molar-refractivity contribution >= 4 is 17.1 Å². The molecular weight excluding hydrogens is 831 g/mol. The predicted octanol–water partition coefficient (Wildman–Crippen LogP) is 17.2. The molecule has 0 aliphatic heterocycles. The molecular formula is C68H45N. The lowest BCUT2D eigenvalue weighted by Crippen LogP contribution is -2.28. The van der Waals surface area contributed by atoms with E-state index in [1.54, 1.807) is 0 Å². The third kappa shape index (κ3) is 5.53. The second-order valence-electron chi connectivity index (χ2n) is 18.6. The highest BCUT2D eigenvalue weighted by Crippen LogP contribution is 2.66. The molecule has 0 saturated heterocycles. The minimum Gasteiger partial charge on any atom is -0.309 e. The minimum atomic E-state index is -0.545. The van der Waals surface area contributed by atoms with E-state index in [1.165, 1.54) is 100 Å². The molecule has 11 aromatic rings. The Morgan fingerprint density at radius 2 is 0.580 bits per heavy atom. The van der Waals surface area contributed by atoms with Crippen molar-refractivity contribution in [2.45, 2.75) is 10.8 Å². The van der Waals surface area contributed by atoms with E-state index in [0.717, 1.165) is 17.1 Å². The van der Waals surface area contributed by atoms with Crippen molar-refractivity contribution in [3.05, 3.63) is 317 Å². The monoisotopic (exact) mass is 875 g/mol. The van der Waals surface area contributed by atoms with Crippen molar-refractivity contribution in [2.75, 3.05) is 4.90 Å². The van der Waals surface area contributed by atoms with Gasteiger partial charge in [-0.05, 0) is 119 Å². The average molecular weight is 876 g/mol. The Bertz CT molecular complexity index is 3590. The van der Waals surface area contributed by atoms with Gasteiger partial charge in [0.15, 0.2) is 0 Å². The first-order valence-electron chi connectivity index (χ1n) is 24.1. The van der Waals surface area contributed by atoms with Gasteiger partial charge in [-0.15, -0.1) is 0 Å². The molecule has 1 spiro atoms. The molecule has 0 amide bonds. The van der Waals surface area contributed by atoms with Crippen LogP contribution in [-0.4, -0.2) is 0 Å². The Balaban J connectivity index is 1.05. The third-order valence-electron chi connectivity index (χ3n) is 15.4. The van der Waals surface area contributed by atoms with Gasteiger partial charge >= 0.3 is 0 Å². The number of benzene rings is 11. The van der Waals surface area contributed by atoms with Crippen LogP contribution < -0.4 is 4.90 Å². The highest BCUT2D eigenvalue weighted by molar-refractivity contribution is 6.04. The molecule has 0 atom stereocenters. The van der Waals surface area contributed by atoms with Gasteiger partial charge in [0.1, 0.15) is 0 Å². The lowest BCUT2D eigenvalue weighted by molar-refractivity contribution is 0.768. The van der Waals surface area contributed by atoms with Gasteiger partial charge in [0.2, 0.25) is 0 Å². The largest absolute Gasteiger partial charge is 0.309 e. The van der Waals surface area contributed by atoms with E-state index < -0.39 is 10.8 Å². The lowest BCUT2D eigenvalue weighted by Gasteiger charge is -2.35. The van der Waals surface area contributed by atoms with Gasteiger partial charge in [-0.1, -0.05) is 243 Å². The summed E-state index contributed by atoms with van der Waals surface area (Å²) in [7, 11) is 0. The van der Waals surface area contributed by atoms with Crippen molar-refractivity contribution in [1.82, 2.24) is 0 Å². The molecule has 14 rings (SSSR count). The van der Waals surface area contributed by atoms with Crippen LogP contribution in [0.3, 0.4) is 0 Å². The molecule has 322 valence electrons. The van der Waals surface area contributed by atoms with Crippen LogP contribution in [0.15, 0.2) is 273 Å². The zero-order valence-corrected chi connectivity index (χ0v) is 37.9. The fourth-order valence-electron chi connectivity index (χ4n) is 12.7. The SMILES string of the molecule is c1ccc(-c2cccc(-c3ccc(N(c4cccc5c4-c4ccccc4C5(c4ccccc4)c4ccccc4)c4cccc5c4-c4ccccc4C54c5ccccc5-c5ccccc54)cc3)c2)cc1. The van der Waals surface area contributed by atoms with Crippen molar-refractivity contribution in [1.29, 1.82) is 0 Å². The summed E-state index contributed by atoms with van der Waals surface area (Å²) in [6, 6.07) is 102. The summed E-state index contributed by atoms with van der Waals surface area (Å²) < 4.78 is 0. The molecule has 69 heavy (non-hydrogen) atoms. The number of fused-ring (bicyclic) bond motifs is 13. The molecule has 11 aromatic carbocycles. The van der Waals surface area contributed by atoms with E-state index in [9.17, 15) is 0 Å². The van der Waals surface area contributed by atoms with Gasteiger partial charge < -0.3 is 4.90 Å².